The fourth-order valence-electron chi connectivity index (χ4n) is 1.75. The number of hydrogen-bond donors (Lipinski definition) is 2. The van der Waals surface area contributed by atoms with Gasteiger partial charge in [0.15, 0.2) is 0 Å². The van der Waals surface area contributed by atoms with Gasteiger partial charge >= 0.3 is 0 Å². The molecule has 1 N–H and O–H groups in total. The summed E-state index contributed by atoms with van der Waals surface area (Å²) in [7, 11) is 0. The van der Waals surface area contributed by atoms with Crippen molar-refractivity contribution in [2.45, 2.75) is 38.8 Å². The molecule has 1 unspecified atom stereocenters. The molecule has 1 rings (SSSR count). The Morgan fingerprint density at radius 1 is 1.55 bits per heavy atom. The van der Waals surface area contributed by atoms with E-state index in [4.69, 9.17) is 0 Å². The van der Waals surface area contributed by atoms with Crippen LogP contribution in [-0.4, -0.2) is 29.0 Å². The van der Waals surface area contributed by atoms with Crippen molar-refractivity contribution in [3.05, 3.63) is 0 Å². The van der Waals surface area contributed by atoms with Gasteiger partial charge in [0, 0.05) is 24.7 Å². The van der Waals surface area contributed by atoms with Gasteiger partial charge in [0.1, 0.15) is 0 Å². The molecular weight excluding hydrogens is 156 g/mol. The summed E-state index contributed by atoms with van der Waals surface area (Å²) in [5.41, 5.74) is 0.288. The summed E-state index contributed by atoms with van der Waals surface area (Å²) in [5, 5.41) is 3.56. The average Bonchev–Trinajstić information content (AvgIpc) is 2.08. The van der Waals surface area contributed by atoms with E-state index in [1.54, 1.807) is 0 Å². The molecule has 3 heteroatoms. The average molecular weight is 174 g/mol. The molecule has 1 saturated heterocycles. The molecule has 1 aliphatic rings. The molecule has 0 aromatic rings. The summed E-state index contributed by atoms with van der Waals surface area (Å²) in [6.45, 7) is 8.79. The van der Waals surface area contributed by atoms with E-state index in [0.29, 0.717) is 6.04 Å². The third kappa shape index (κ3) is 2.65. The molecule has 2 nitrogen and oxygen atoms in total. The van der Waals surface area contributed by atoms with E-state index in [1.807, 2.05) is 0 Å². The Morgan fingerprint density at radius 3 is 2.55 bits per heavy atom. The third-order valence-electron chi connectivity index (χ3n) is 2.09. The summed E-state index contributed by atoms with van der Waals surface area (Å²) < 4.78 is 2.08. The van der Waals surface area contributed by atoms with E-state index in [2.05, 4.69) is 43.2 Å². The third-order valence-corrected chi connectivity index (χ3v) is 2.43. The standard InChI is InChI=1S/C8H18N2S/c1-7(2)9-8(3)4-5-10(11)6-8/h7,9,11H,4-6H2,1-3H3. The van der Waals surface area contributed by atoms with Crippen molar-refractivity contribution < 1.29 is 0 Å². The van der Waals surface area contributed by atoms with E-state index in [0.717, 1.165) is 13.1 Å². The summed E-state index contributed by atoms with van der Waals surface area (Å²) in [6.07, 6.45) is 1.20. The second-order valence-corrected chi connectivity index (χ2v) is 4.56. The van der Waals surface area contributed by atoms with Gasteiger partial charge in [0.25, 0.3) is 0 Å². The van der Waals surface area contributed by atoms with Crippen LogP contribution in [0.1, 0.15) is 27.2 Å². The Kier molecular flexibility index (Phi) is 2.84. The Balaban J connectivity index is 2.42. The zero-order valence-corrected chi connectivity index (χ0v) is 8.49. The van der Waals surface area contributed by atoms with Gasteiger partial charge in [0.05, 0.1) is 0 Å². The second-order valence-electron chi connectivity index (χ2n) is 4.00. The molecule has 0 spiro atoms. The first-order valence-electron chi connectivity index (χ1n) is 4.23. The molecule has 0 aliphatic carbocycles. The quantitative estimate of drug-likeness (QED) is 0.613. The number of thiol groups is 1. The van der Waals surface area contributed by atoms with Crippen LogP contribution in [0.5, 0.6) is 0 Å². The maximum Gasteiger partial charge on any atom is 0.0304 e. The summed E-state index contributed by atoms with van der Waals surface area (Å²) >= 11 is 4.32. The lowest BCUT2D eigenvalue weighted by Gasteiger charge is -2.27. The largest absolute Gasteiger partial charge is 0.308 e. The minimum Gasteiger partial charge on any atom is -0.308 e. The van der Waals surface area contributed by atoms with Gasteiger partial charge in [-0.1, -0.05) is 26.7 Å². The fraction of sp³-hybridized carbons (Fsp3) is 1.00. The Labute approximate surface area is 74.9 Å². The van der Waals surface area contributed by atoms with Crippen molar-refractivity contribution in [2.75, 3.05) is 13.1 Å². The molecule has 66 valence electrons. The molecule has 0 saturated carbocycles. The minimum absolute atomic E-state index is 0.288. The maximum absolute atomic E-state index is 4.32. The molecular formula is C8H18N2S. The van der Waals surface area contributed by atoms with Crippen molar-refractivity contribution in [3.8, 4) is 0 Å². The summed E-state index contributed by atoms with van der Waals surface area (Å²) in [5.74, 6) is 0. The van der Waals surface area contributed by atoms with E-state index in [9.17, 15) is 0 Å². The van der Waals surface area contributed by atoms with E-state index < -0.39 is 0 Å². The predicted octanol–water partition coefficient (Wildman–Crippen LogP) is 1.29. The Bertz CT molecular complexity index is 138. The van der Waals surface area contributed by atoms with Crippen LogP contribution in [-0.2, 0) is 0 Å². The zero-order valence-electron chi connectivity index (χ0n) is 7.59. The normalized spacial score (nSPS) is 33.5. The lowest BCUT2D eigenvalue weighted by atomic mass is 10.0. The molecule has 0 bridgehead atoms. The number of rotatable bonds is 2. The van der Waals surface area contributed by atoms with Crippen LogP contribution in [0.4, 0.5) is 0 Å². The molecule has 1 aliphatic heterocycles. The van der Waals surface area contributed by atoms with E-state index >= 15 is 0 Å². The van der Waals surface area contributed by atoms with Crippen molar-refractivity contribution in [2.24, 2.45) is 0 Å². The fourth-order valence-corrected chi connectivity index (χ4v) is 2.16. The minimum atomic E-state index is 0.288. The van der Waals surface area contributed by atoms with Crippen LogP contribution in [0.2, 0.25) is 0 Å². The Morgan fingerprint density at radius 2 is 2.18 bits per heavy atom. The lowest BCUT2D eigenvalue weighted by Crippen LogP contribution is -2.47. The van der Waals surface area contributed by atoms with Crippen LogP contribution in [0.15, 0.2) is 0 Å². The molecule has 0 aromatic carbocycles. The van der Waals surface area contributed by atoms with Crippen molar-refractivity contribution >= 4 is 12.8 Å². The smallest absolute Gasteiger partial charge is 0.0304 e. The van der Waals surface area contributed by atoms with Gasteiger partial charge < -0.3 is 5.32 Å². The van der Waals surface area contributed by atoms with Gasteiger partial charge in [-0.15, -0.1) is 0 Å². The zero-order chi connectivity index (χ0) is 8.48. The van der Waals surface area contributed by atoms with Crippen LogP contribution in [0, 0.1) is 0 Å². The molecule has 1 fully saturated rings. The number of hydrogen-bond acceptors (Lipinski definition) is 3. The molecule has 0 radical (unpaired) electrons. The van der Waals surface area contributed by atoms with Gasteiger partial charge in [-0.2, -0.15) is 0 Å². The van der Waals surface area contributed by atoms with Crippen LogP contribution in [0.25, 0.3) is 0 Å². The van der Waals surface area contributed by atoms with Gasteiger partial charge in [-0.3, -0.25) is 4.31 Å². The number of nitrogens with zero attached hydrogens (tertiary/aromatic N) is 1. The highest BCUT2D eigenvalue weighted by molar-refractivity contribution is 7.77. The van der Waals surface area contributed by atoms with Gasteiger partial charge in [0.2, 0.25) is 0 Å². The predicted molar refractivity (Wildman–Crippen MR) is 51.9 cm³/mol. The van der Waals surface area contributed by atoms with Crippen molar-refractivity contribution in [1.29, 1.82) is 0 Å². The monoisotopic (exact) mass is 174 g/mol. The molecule has 1 heterocycles. The van der Waals surface area contributed by atoms with E-state index in [-0.39, 0.29) is 5.54 Å². The SMILES string of the molecule is CC(C)NC1(C)CCN(S)C1. The van der Waals surface area contributed by atoms with Crippen molar-refractivity contribution in [3.63, 3.8) is 0 Å². The second kappa shape index (κ2) is 3.33. The highest BCUT2D eigenvalue weighted by Gasteiger charge is 2.32. The number of nitrogens with one attached hydrogen (secondary N) is 1. The molecule has 0 aromatic heterocycles. The van der Waals surface area contributed by atoms with Gasteiger partial charge in [-0.25, -0.2) is 0 Å². The summed E-state index contributed by atoms with van der Waals surface area (Å²) in [6, 6.07) is 0.569. The lowest BCUT2D eigenvalue weighted by molar-refractivity contribution is 0.342. The van der Waals surface area contributed by atoms with E-state index in [1.165, 1.54) is 6.42 Å². The summed E-state index contributed by atoms with van der Waals surface area (Å²) in [4.78, 5) is 0. The molecule has 11 heavy (non-hydrogen) atoms. The first-order valence-corrected chi connectivity index (χ1v) is 4.63. The molecule has 1 atom stereocenters. The Hall–Kier alpha value is 0.270. The first kappa shape index (κ1) is 9.36. The van der Waals surface area contributed by atoms with Gasteiger partial charge in [-0.05, 0) is 13.3 Å². The highest BCUT2D eigenvalue weighted by atomic mass is 32.1. The maximum atomic E-state index is 4.32. The topological polar surface area (TPSA) is 15.3 Å². The first-order chi connectivity index (χ1) is 5.02. The van der Waals surface area contributed by atoms with Crippen molar-refractivity contribution in [1.82, 2.24) is 9.62 Å². The van der Waals surface area contributed by atoms with Crippen LogP contribution in [0.3, 0.4) is 0 Å². The highest BCUT2D eigenvalue weighted by Crippen LogP contribution is 2.22. The van der Waals surface area contributed by atoms with Crippen LogP contribution < -0.4 is 5.32 Å². The molecule has 0 amide bonds. The van der Waals surface area contributed by atoms with Crippen LogP contribution >= 0.6 is 12.8 Å².